The second-order valence-electron chi connectivity index (χ2n) is 4.60. The van der Waals surface area contributed by atoms with Crippen molar-refractivity contribution >= 4 is 5.78 Å². The van der Waals surface area contributed by atoms with Gasteiger partial charge in [-0.25, -0.2) is 0 Å². The number of hydrogen-bond acceptors (Lipinski definition) is 1. The van der Waals surface area contributed by atoms with Crippen molar-refractivity contribution in [3.05, 3.63) is 0 Å². The van der Waals surface area contributed by atoms with E-state index < -0.39 is 0 Å². The summed E-state index contributed by atoms with van der Waals surface area (Å²) in [7, 11) is 0. The fraction of sp³-hybridized carbons (Fsp3) is 0.909. The van der Waals surface area contributed by atoms with Crippen LogP contribution in [0.15, 0.2) is 0 Å². The summed E-state index contributed by atoms with van der Waals surface area (Å²) in [6.07, 6.45) is 2.50. The van der Waals surface area contributed by atoms with Gasteiger partial charge in [-0.05, 0) is 37.5 Å². The van der Waals surface area contributed by atoms with Gasteiger partial charge in [0.15, 0.2) is 0 Å². The van der Waals surface area contributed by atoms with E-state index in [-0.39, 0.29) is 0 Å². The maximum absolute atomic E-state index is 11.4. The Kier molecular flexibility index (Phi) is 2.92. The zero-order chi connectivity index (χ0) is 9.30. The number of rotatable bonds is 2. The van der Waals surface area contributed by atoms with E-state index in [4.69, 9.17) is 0 Å². The van der Waals surface area contributed by atoms with Gasteiger partial charge in [-0.3, -0.25) is 4.79 Å². The molecule has 0 bridgehead atoms. The Labute approximate surface area is 75.5 Å². The van der Waals surface area contributed by atoms with Crippen molar-refractivity contribution in [2.45, 2.75) is 40.5 Å². The molecule has 1 nitrogen and oxygen atoms in total. The van der Waals surface area contributed by atoms with E-state index in [1.807, 2.05) is 0 Å². The number of carbonyl (C=O) groups is 1. The Morgan fingerprint density at radius 1 is 1.33 bits per heavy atom. The Balaban J connectivity index is 2.70. The summed E-state index contributed by atoms with van der Waals surface area (Å²) in [5.41, 5.74) is 0. The first-order valence-electron chi connectivity index (χ1n) is 5.04. The largest absolute Gasteiger partial charge is 0.300 e. The van der Waals surface area contributed by atoms with Gasteiger partial charge in [-0.15, -0.1) is 0 Å². The molecule has 12 heavy (non-hydrogen) atoms. The summed E-state index contributed by atoms with van der Waals surface area (Å²) in [6, 6.07) is 0. The first kappa shape index (κ1) is 9.76. The van der Waals surface area contributed by atoms with E-state index in [9.17, 15) is 4.79 Å². The molecular weight excluding hydrogens is 148 g/mol. The van der Waals surface area contributed by atoms with Gasteiger partial charge in [0.2, 0.25) is 0 Å². The molecule has 3 atom stereocenters. The highest BCUT2D eigenvalue weighted by Crippen LogP contribution is 2.41. The molecule has 0 aromatic heterocycles. The minimum Gasteiger partial charge on any atom is -0.300 e. The molecule has 0 aromatic carbocycles. The van der Waals surface area contributed by atoms with Crippen LogP contribution in [0.5, 0.6) is 0 Å². The predicted octanol–water partition coefficient (Wildman–Crippen LogP) is 2.89. The molecule has 0 radical (unpaired) electrons. The maximum Gasteiger partial charge on any atom is 0.133 e. The van der Waals surface area contributed by atoms with Crippen LogP contribution in [0.1, 0.15) is 40.5 Å². The summed E-state index contributed by atoms with van der Waals surface area (Å²) in [5.74, 6) is 2.69. The van der Waals surface area contributed by atoms with Crippen molar-refractivity contribution in [3.63, 3.8) is 0 Å². The lowest BCUT2D eigenvalue weighted by Crippen LogP contribution is -2.24. The minimum absolute atomic E-state index is 0.352. The molecule has 0 N–H and O–H groups in total. The van der Waals surface area contributed by atoms with Crippen LogP contribution >= 0.6 is 0 Å². The first-order chi connectivity index (χ1) is 5.54. The molecule has 0 spiro atoms. The normalized spacial score (nSPS) is 35.9. The molecular formula is C11H20O. The Hall–Kier alpha value is -0.330. The van der Waals surface area contributed by atoms with E-state index in [0.29, 0.717) is 29.5 Å². The summed E-state index contributed by atoms with van der Waals surface area (Å²) in [6.45, 7) is 8.44. The van der Waals surface area contributed by atoms with Crippen molar-refractivity contribution in [2.24, 2.45) is 23.7 Å². The molecule has 1 aliphatic rings. The smallest absolute Gasteiger partial charge is 0.133 e. The molecule has 1 rings (SSSR count). The van der Waals surface area contributed by atoms with Crippen LogP contribution in [0.25, 0.3) is 0 Å². The van der Waals surface area contributed by atoms with E-state index in [2.05, 4.69) is 20.8 Å². The van der Waals surface area contributed by atoms with Crippen molar-refractivity contribution in [1.29, 1.82) is 0 Å². The van der Waals surface area contributed by atoms with Gasteiger partial charge < -0.3 is 0 Å². The van der Waals surface area contributed by atoms with Gasteiger partial charge in [-0.2, -0.15) is 0 Å². The molecule has 1 saturated carbocycles. The average Bonchev–Trinajstić information content (AvgIpc) is 2.30. The van der Waals surface area contributed by atoms with Crippen LogP contribution in [-0.2, 0) is 4.79 Å². The Morgan fingerprint density at radius 3 is 2.25 bits per heavy atom. The van der Waals surface area contributed by atoms with Gasteiger partial charge in [0.25, 0.3) is 0 Å². The number of Topliss-reactive ketones (excluding diaryl/α,β-unsaturated/α-hetero) is 1. The molecule has 0 saturated heterocycles. The first-order valence-corrected chi connectivity index (χ1v) is 5.04. The Morgan fingerprint density at radius 2 is 1.92 bits per heavy atom. The SMILES string of the molecule is CC(=O)C1[C@@H](C(C)C)CC[C@@H]1C. The van der Waals surface area contributed by atoms with Crippen LogP contribution in [-0.4, -0.2) is 5.78 Å². The third-order valence-electron chi connectivity index (χ3n) is 3.36. The van der Waals surface area contributed by atoms with Gasteiger partial charge in [0.1, 0.15) is 5.78 Å². The van der Waals surface area contributed by atoms with E-state index in [0.717, 1.165) is 0 Å². The lowest BCUT2D eigenvalue weighted by atomic mass is 9.81. The second kappa shape index (κ2) is 3.59. The molecule has 1 heteroatoms. The summed E-state index contributed by atoms with van der Waals surface area (Å²) in [4.78, 5) is 11.4. The summed E-state index contributed by atoms with van der Waals surface area (Å²) < 4.78 is 0. The van der Waals surface area contributed by atoms with Crippen molar-refractivity contribution in [1.82, 2.24) is 0 Å². The zero-order valence-electron chi connectivity index (χ0n) is 8.63. The summed E-state index contributed by atoms with van der Waals surface area (Å²) >= 11 is 0. The van der Waals surface area contributed by atoms with Gasteiger partial charge in [-0.1, -0.05) is 20.8 Å². The third kappa shape index (κ3) is 1.70. The van der Waals surface area contributed by atoms with E-state index >= 15 is 0 Å². The maximum atomic E-state index is 11.4. The lowest BCUT2D eigenvalue weighted by Gasteiger charge is -2.23. The Bertz CT molecular complexity index is 172. The topological polar surface area (TPSA) is 17.1 Å². The zero-order valence-corrected chi connectivity index (χ0v) is 8.63. The lowest BCUT2D eigenvalue weighted by molar-refractivity contribution is -0.123. The van der Waals surface area contributed by atoms with Gasteiger partial charge >= 0.3 is 0 Å². The highest BCUT2D eigenvalue weighted by atomic mass is 16.1. The molecule has 70 valence electrons. The molecule has 0 heterocycles. The van der Waals surface area contributed by atoms with Crippen LogP contribution in [0.2, 0.25) is 0 Å². The predicted molar refractivity (Wildman–Crippen MR) is 50.9 cm³/mol. The van der Waals surface area contributed by atoms with Crippen LogP contribution in [0.3, 0.4) is 0 Å². The van der Waals surface area contributed by atoms with E-state index in [1.54, 1.807) is 6.92 Å². The van der Waals surface area contributed by atoms with Gasteiger partial charge in [0.05, 0.1) is 0 Å². The quantitative estimate of drug-likeness (QED) is 0.619. The van der Waals surface area contributed by atoms with Crippen LogP contribution in [0, 0.1) is 23.7 Å². The number of carbonyl (C=O) groups excluding carboxylic acids is 1. The average molecular weight is 168 g/mol. The second-order valence-corrected chi connectivity index (χ2v) is 4.60. The molecule has 1 unspecified atom stereocenters. The molecule has 0 amide bonds. The number of hydrogen-bond donors (Lipinski definition) is 0. The van der Waals surface area contributed by atoms with E-state index in [1.165, 1.54) is 12.8 Å². The summed E-state index contributed by atoms with van der Waals surface area (Å²) in [5, 5.41) is 0. The molecule has 1 fully saturated rings. The van der Waals surface area contributed by atoms with Crippen LogP contribution in [0.4, 0.5) is 0 Å². The monoisotopic (exact) mass is 168 g/mol. The highest BCUT2D eigenvalue weighted by molar-refractivity contribution is 5.79. The number of ketones is 1. The van der Waals surface area contributed by atoms with Gasteiger partial charge in [0, 0.05) is 5.92 Å². The fourth-order valence-corrected chi connectivity index (χ4v) is 2.69. The van der Waals surface area contributed by atoms with Crippen molar-refractivity contribution < 1.29 is 4.79 Å². The van der Waals surface area contributed by atoms with Crippen molar-refractivity contribution in [3.8, 4) is 0 Å². The molecule has 0 aliphatic heterocycles. The van der Waals surface area contributed by atoms with Crippen LogP contribution < -0.4 is 0 Å². The molecule has 1 aliphatic carbocycles. The third-order valence-corrected chi connectivity index (χ3v) is 3.36. The minimum atomic E-state index is 0.352. The fourth-order valence-electron chi connectivity index (χ4n) is 2.69. The highest BCUT2D eigenvalue weighted by Gasteiger charge is 2.37. The van der Waals surface area contributed by atoms with Crippen molar-refractivity contribution in [2.75, 3.05) is 0 Å². The molecule has 0 aromatic rings. The standard InChI is InChI=1S/C11H20O/c1-7(2)10-6-5-8(3)11(10)9(4)12/h7-8,10-11H,5-6H2,1-4H3/t8-,10+,11?/m0/s1.